The molecule has 1 N–H and O–H groups in total. The van der Waals surface area contributed by atoms with E-state index in [2.05, 4.69) is 65.9 Å². The number of para-hydroxylation sites is 2. The van der Waals surface area contributed by atoms with Gasteiger partial charge in [-0.1, -0.05) is 54.1 Å². The lowest BCUT2D eigenvalue weighted by molar-refractivity contribution is 1.16. The summed E-state index contributed by atoms with van der Waals surface area (Å²) in [6.45, 7) is 2.10. The van der Waals surface area contributed by atoms with Gasteiger partial charge in [0.25, 0.3) is 0 Å². The Kier molecular flexibility index (Phi) is 3.88. The summed E-state index contributed by atoms with van der Waals surface area (Å²) < 4.78 is 0. The zero-order valence-corrected chi connectivity index (χ0v) is 12.0. The Morgan fingerprint density at radius 2 is 1.14 bits per heavy atom. The summed E-state index contributed by atoms with van der Waals surface area (Å²) in [6.07, 6.45) is 0. The van der Waals surface area contributed by atoms with Crippen LogP contribution < -0.4 is 10.4 Å². The maximum Gasteiger partial charge on any atom is 0.0630 e. The Bertz CT molecular complexity index is 676. The van der Waals surface area contributed by atoms with E-state index in [-0.39, 0.29) is 0 Å². The highest BCUT2D eigenvalue weighted by molar-refractivity contribution is 5.68. The minimum absolute atomic E-state index is 1.06. The third-order valence-electron chi connectivity index (χ3n) is 3.32. The molecular formula is C19H18N2. The molecule has 0 atom stereocenters. The predicted octanol–water partition coefficient (Wildman–Crippen LogP) is 5.16. The van der Waals surface area contributed by atoms with Crippen LogP contribution in [0.2, 0.25) is 0 Å². The fraction of sp³-hybridized carbons (Fsp3) is 0.0526. The van der Waals surface area contributed by atoms with Crippen LogP contribution in [0.3, 0.4) is 0 Å². The first-order valence-corrected chi connectivity index (χ1v) is 7.06. The number of anilines is 3. The molecule has 0 aliphatic heterocycles. The molecule has 3 aromatic carbocycles. The lowest BCUT2D eigenvalue weighted by atomic mass is 10.2. The summed E-state index contributed by atoms with van der Waals surface area (Å²) in [5, 5.41) is 2.09. The molecule has 0 radical (unpaired) electrons. The van der Waals surface area contributed by atoms with Gasteiger partial charge < -0.3 is 0 Å². The van der Waals surface area contributed by atoms with Crippen molar-refractivity contribution in [1.29, 1.82) is 0 Å². The molecule has 0 spiro atoms. The molecule has 0 aliphatic carbocycles. The quantitative estimate of drug-likeness (QED) is 0.661. The van der Waals surface area contributed by atoms with E-state index in [1.807, 2.05) is 36.4 Å². The van der Waals surface area contributed by atoms with Gasteiger partial charge in [0.05, 0.1) is 17.1 Å². The van der Waals surface area contributed by atoms with Crippen LogP contribution in [0.4, 0.5) is 17.1 Å². The van der Waals surface area contributed by atoms with Crippen LogP contribution in [0.1, 0.15) is 5.56 Å². The molecule has 0 aromatic heterocycles. The van der Waals surface area contributed by atoms with Crippen LogP contribution in [0, 0.1) is 6.92 Å². The van der Waals surface area contributed by atoms with E-state index in [0.29, 0.717) is 0 Å². The van der Waals surface area contributed by atoms with Gasteiger partial charge in [-0.2, -0.15) is 0 Å². The SMILES string of the molecule is Cc1ccc(N(Nc2ccccc2)c2ccccc2)cc1. The molecule has 21 heavy (non-hydrogen) atoms. The highest BCUT2D eigenvalue weighted by Gasteiger charge is 2.08. The second-order valence-electron chi connectivity index (χ2n) is 4.98. The van der Waals surface area contributed by atoms with Crippen molar-refractivity contribution in [2.75, 3.05) is 10.4 Å². The Morgan fingerprint density at radius 3 is 1.76 bits per heavy atom. The highest BCUT2D eigenvalue weighted by atomic mass is 15.5. The second-order valence-corrected chi connectivity index (χ2v) is 4.98. The van der Waals surface area contributed by atoms with E-state index in [4.69, 9.17) is 0 Å². The van der Waals surface area contributed by atoms with Crippen LogP contribution in [-0.2, 0) is 0 Å². The minimum Gasteiger partial charge on any atom is -0.294 e. The monoisotopic (exact) mass is 274 g/mol. The molecule has 3 rings (SSSR count). The van der Waals surface area contributed by atoms with Gasteiger partial charge in [0.1, 0.15) is 0 Å². The molecule has 0 saturated carbocycles. The Balaban J connectivity index is 1.97. The summed E-state index contributed by atoms with van der Waals surface area (Å²) in [5.41, 5.74) is 7.99. The summed E-state index contributed by atoms with van der Waals surface area (Å²) in [5.74, 6) is 0. The molecule has 3 aromatic rings. The third-order valence-corrected chi connectivity index (χ3v) is 3.32. The van der Waals surface area contributed by atoms with Crippen molar-refractivity contribution >= 4 is 17.1 Å². The van der Waals surface area contributed by atoms with E-state index in [9.17, 15) is 0 Å². The lowest BCUT2D eigenvalue weighted by Gasteiger charge is -2.26. The van der Waals surface area contributed by atoms with Crippen LogP contribution in [0.25, 0.3) is 0 Å². The van der Waals surface area contributed by atoms with Crippen molar-refractivity contribution in [1.82, 2.24) is 0 Å². The van der Waals surface area contributed by atoms with Gasteiger partial charge in [-0.25, -0.2) is 0 Å². The maximum atomic E-state index is 3.46. The summed E-state index contributed by atoms with van der Waals surface area (Å²) in [6, 6.07) is 29.0. The van der Waals surface area contributed by atoms with Crippen LogP contribution in [-0.4, -0.2) is 0 Å². The average Bonchev–Trinajstić information content (AvgIpc) is 2.55. The van der Waals surface area contributed by atoms with Gasteiger partial charge in [-0.15, -0.1) is 0 Å². The fourth-order valence-electron chi connectivity index (χ4n) is 2.19. The van der Waals surface area contributed by atoms with Gasteiger partial charge in [-0.05, 0) is 43.3 Å². The molecule has 0 aliphatic rings. The van der Waals surface area contributed by atoms with Gasteiger partial charge >= 0.3 is 0 Å². The third kappa shape index (κ3) is 3.23. The van der Waals surface area contributed by atoms with E-state index in [1.165, 1.54) is 5.56 Å². The van der Waals surface area contributed by atoms with E-state index in [1.54, 1.807) is 0 Å². The number of nitrogens with zero attached hydrogens (tertiary/aromatic N) is 1. The van der Waals surface area contributed by atoms with Crippen molar-refractivity contribution in [3.05, 3.63) is 90.5 Å². The largest absolute Gasteiger partial charge is 0.294 e. The molecule has 0 saturated heterocycles. The predicted molar refractivity (Wildman–Crippen MR) is 89.8 cm³/mol. The Hall–Kier alpha value is -2.74. The first-order valence-electron chi connectivity index (χ1n) is 7.06. The van der Waals surface area contributed by atoms with Gasteiger partial charge in [0.2, 0.25) is 0 Å². The fourth-order valence-corrected chi connectivity index (χ4v) is 2.19. The van der Waals surface area contributed by atoms with Gasteiger partial charge in [0.15, 0.2) is 0 Å². The van der Waals surface area contributed by atoms with Crippen LogP contribution >= 0.6 is 0 Å². The molecule has 0 fully saturated rings. The number of nitrogens with one attached hydrogen (secondary N) is 1. The first-order chi connectivity index (χ1) is 10.3. The molecule has 2 heteroatoms. The van der Waals surface area contributed by atoms with Crippen LogP contribution in [0.5, 0.6) is 0 Å². The topological polar surface area (TPSA) is 15.3 Å². The molecule has 104 valence electrons. The maximum absolute atomic E-state index is 3.46. The van der Waals surface area contributed by atoms with E-state index >= 15 is 0 Å². The number of hydrogen-bond acceptors (Lipinski definition) is 2. The number of aryl methyl sites for hydroxylation is 1. The summed E-state index contributed by atoms with van der Waals surface area (Å²) in [4.78, 5) is 0. The van der Waals surface area contributed by atoms with Crippen molar-refractivity contribution in [2.24, 2.45) is 0 Å². The minimum atomic E-state index is 1.06. The zero-order chi connectivity index (χ0) is 14.5. The molecule has 0 unspecified atom stereocenters. The highest BCUT2D eigenvalue weighted by Crippen LogP contribution is 2.26. The average molecular weight is 274 g/mol. The lowest BCUT2D eigenvalue weighted by Crippen LogP contribution is -2.24. The zero-order valence-electron chi connectivity index (χ0n) is 12.0. The molecule has 0 bridgehead atoms. The normalized spacial score (nSPS) is 10.1. The van der Waals surface area contributed by atoms with Crippen molar-refractivity contribution in [3.8, 4) is 0 Å². The molecule has 0 amide bonds. The number of hydrazine groups is 1. The Labute approximate surface area is 125 Å². The van der Waals surface area contributed by atoms with E-state index < -0.39 is 0 Å². The van der Waals surface area contributed by atoms with Gasteiger partial charge in [0, 0.05) is 0 Å². The summed E-state index contributed by atoms with van der Waals surface area (Å²) >= 11 is 0. The number of rotatable bonds is 4. The molecule has 0 heterocycles. The van der Waals surface area contributed by atoms with Crippen molar-refractivity contribution in [3.63, 3.8) is 0 Å². The first kappa shape index (κ1) is 13.3. The molecular weight excluding hydrogens is 256 g/mol. The van der Waals surface area contributed by atoms with E-state index in [0.717, 1.165) is 17.1 Å². The van der Waals surface area contributed by atoms with Crippen molar-refractivity contribution in [2.45, 2.75) is 6.92 Å². The molecule has 2 nitrogen and oxygen atoms in total. The second kappa shape index (κ2) is 6.14. The van der Waals surface area contributed by atoms with Crippen molar-refractivity contribution < 1.29 is 0 Å². The van der Waals surface area contributed by atoms with Crippen LogP contribution in [0.15, 0.2) is 84.9 Å². The smallest absolute Gasteiger partial charge is 0.0630 e. The van der Waals surface area contributed by atoms with Gasteiger partial charge in [-0.3, -0.25) is 10.4 Å². The Morgan fingerprint density at radius 1 is 0.619 bits per heavy atom. The number of benzene rings is 3. The number of hydrogen-bond donors (Lipinski definition) is 1. The summed E-state index contributed by atoms with van der Waals surface area (Å²) in [7, 11) is 0. The standard InChI is InChI=1S/C19H18N2/c1-16-12-14-19(15-13-16)21(18-10-6-3-7-11-18)20-17-8-4-2-5-9-17/h2-15,20H,1H3.